The zero-order valence-electron chi connectivity index (χ0n) is 12.2. The predicted octanol–water partition coefficient (Wildman–Crippen LogP) is 4.13. The van der Waals surface area contributed by atoms with Crippen LogP contribution < -0.4 is 10.1 Å². The first-order valence-corrected chi connectivity index (χ1v) is 7.52. The van der Waals surface area contributed by atoms with Crippen LogP contribution in [-0.4, -0.2) is 24.8 Å². The van der Waals surface area contributed by atoms with Crippen molar-refractivity contribution in [2.24, 2.45) is 0 Å². The van der Waals surface area contributed by atoms with E-state index >= 15 is 0 Å². The Labute approximate surface area is 129 Å². The first kappa shape index (κ1) is 16.8. The van der Waals surface area contributed by atoms with Crippen molar-refractivity contribution < 1.29 is 14.3 Å². The fourth-order valence-corrected chi connectivity index (χ4v) is 1.87. The molecule has 0 bridgehead atoms. The third-order valence-electron chi connectivity index (χ3n) is 2.33. The molecule has 0 radical (unpaired) electrons. The third-order valence-corrected chi connectivity index (χ3v) is 2.99. The highest BCUT2D eigenvalue weighted by atomic mass is 79.9. The highest BCUT2D eigenvalue weighted by Gasteiger charge is 2.15. The normalized spacial score (nSPS) is 11.0. The Balaban J connectivity index is 2.08. The van der Waals surface area contributed by atoms with E-state index in [1.54, 1.807) is 0 Å². The maximum Gasteiger partial charge on any atom is 0.407 e. The molecule has 1 amide bonds. The molecule has 1 aromatic rings. The van der Waals surface area contributed by atoms with Gasteiger partial charge in [-0.3, -0.25) is 0 Å². The Morgan fingerprint density at radius 2 is 1.95 bits per heavy atom. The van der Waals surface area contributed by atoms with E-state index in [-0.39, 0.29) is 6.09 Å². The van der Waals surface area contributed by atoms with E-state index < -0.39 is 5.60 Å². The van der Waals surface area contributed by atoms with Crippen molar-refractivity contribution in [2.45, 2.75) is 39.2 Å². The lowest BCUT2D eigenvalue weighted by atomic mass is 10.2. The van der Waals surface area contributed by atoms with Crippen LogP contribution in [-0.2, 0) is 4.74 Å². The van der Waals surface area contributed by atoms with E-state index in [4.69, 9.17) is 9.47 Å². The molecule has 0 heterocycles. The number of carbonyl (C=O) groups excluding carboxylic acids is 1. The Kier molecular flexibility index (Phi) is 6.85. The highest BCUT2D eigenvalue weighted by Crippen LogP contribution is 2.23. The molecule has 5 heteroatoms. The van der Waals surface area contributed by atoms with E-state index in [2.05, 4.69) is 21.2 Å². The van der Waals surface area contributed by atoms with Gasteiger partial charge in [0.15, 0.2) is 0 Å². The molecule has 4 nitrogen and oxygen atoms in total. The molecule has 0 aliphatic carbocycles. The van der Waals surface area contributed by atoms with Crippen LogP contribution in [0, 0.1) is 0 Å². The number of unbranched alkanes of at least 4 members (excludes halogenated alkanes) is 1. The smallest absolute Gasteiger partial charge is 0.407 e. The van der Waals surface area contributed by atoms with Crippen molar-refractivity contribution >= 4 is 22.0 Å². The van der Waals surface area contributed by atoms with Crippen molar-refractivity contribution in [3.63, 3.8) is 0 Å². The Morgan fingerprint density at radius 3 is 2.60 bits per heavy atom. The van der Waals surface area contributed by atoms with E-state index in [9.17, 15) is 4.79 Å². The maximum atomic E-state index is 11.4. The van der Waals surface area contributed by atoms with E-state index in [1.807, 2.05) is 45.0 Å². The second kappa shape index (κ2) is 8.15. The van der Waals surface area contributed by atoms with Crippen molar-refractivity contribution in [2.75, 3.05) is 13.2 Å². The second-order valence-electron chi connectivity index (χ2n) is 5.41. The number of alkyl carbamates (subject to hydrolysis) is 1. The molecule has 0 aliphatic rings. The molecule has 0 atom stereocenters. The molecule has 112 valence electrons. The van der Waals surface area contributed by atoms with Gasteiger partial charge in [-0.15, -0.1) is 0 Å². The van der Waals surface area contributed by atoms with Gasteiger partial charge in [-0.2, -0.15) is 0 Å². The summed E-state index contributed by atoms with van der Waals surface area (Å²) in [5.74, 6) is 0.840. The van der Waals surface area contributed by atoms with Crippen molar-refractivity contribution in [1.82, 2.24) is 5.32 Å². The number of amides is 1. The van der Waals surface area contributed by atoms with Gasteiger partial charge in [0.2, 0.25) is 0 Å². The number of hydrogen-bond acceptors (Lipinski definition) is 3. The quantitative estimate of drug-likeness (QED) is 0.790. The van der Waals surface area contributed by atoms with Crippen molar-refractivity contribution in [3.8, 4) is 5.75 Å². The number of ether oxygens (including phenoxy) is 2. The summed E-state index contributed by atoms with van der Waals surface area (Å²) < 4.78 is 11.7. The van der Waals surface area contributed by atoms with Gasteiger partial charge in [0.05, 0.1) is 11.1 Å². The standard InChI is InChI=1S/C15H22BrNO3/c1-15(2,3)20-14(18)17-10-6-7-11-19-13-9-5-4-8-12(13)16/h4-5,8-9H,6-7,10-11H2,1-3H3,(H,17,18). The number of rotatable bonds is 6. The van der Waals surface area contributed by atoms with Crippen LogP contribution in [0.4, 0.5) is 4.79 Å². The fraction of sp³-hybridized carbons (Fsp3) is 0.533. The molecular weight excluding hydrogens is 322 g/mol. The van der Waals surface area contributed by atoms with Gasteiger partial charge in [-0.25, -0.2) is 4.79 Å². The predicted molar refractivity (Wildman–Crippen MR) is 83.1 cm³/mol. The van der Waals surface area contributed by atoms with Gasteiger partial charge in [0.25, 0.3) is 0 Å². The van der Waals surface area contributed by atoms with Crippen LogP contribution in [0.1, 0.15) is 33.6 Å². The fourth-order valence-electron chi connectivity index (χ4n) is 1.48. The van der Waals surface area contributed by atoms with Crippen LogP contribution in [0.25, 0.3) is 0 Å². The molecule has 0 saturated carbocycles. The highest BCUT2D eigenvalue weighted by molar-refractivity contribution is 9.10. The largest absolute Gasteiger partial charge is 0.492 e. The zero-order valence-corrected chi connectivity index (χ0v) is 13.8. The summed E-state index contributed by atoms with van der Waals surface area (Å²) in [6, 6.07) is 7.74. The topological polar surface area (TPSA) is 47.6 Å². The summed E-state index contributed by atoms with van der Waals surface area (Å²) in [4.78, 5) is 11.4. The van der Waals surface area contributed by atoms with Gasteiger partial charge in [0, 0.05) is 6.54 Å². The van der Waals surface area contributed by atoms with Crippen LogP contribution in [0.2, 0.25) is 0 Å². The van der Waals surface area contributed by atoms with Crippen LogP contribution in [0.3, 0.4) is 0 Å². The van der Waals surface area contributed by atoms with E-state index in [0.717, 1.165) is 23.1 Å². The summed E-state index contributed by atoms with van der Waals surface area (Å²) >= 11 is 3.43. The van der Waals surface area contributed by atoms with Gasteiger partial charge >= 0.3 is 6.09 Å². The molecule has 0 aliphatic heterocycles. The van der Waals surface area contributed by atoms with Crippen LogP contribution in [0.5, 0.6) is 5.75 Å². The first-order chi connectivity index (χ1) is 9.38. The molecule has 1 aromatic carbocycles. The lowest BCUT2D eigenvalue weighted by Gasteiger charge is -2.19. The van der Waals surface area contributed by atoms with Gasteiger partial charge in [0.1, 0.15) is 11.4 Å². The average molecular weight is 344 g/mol. The van der Waals surface area contributed by atoms with Gasteiger partial charge in [-0.05, 0) is 61.7 Å². The van der Waals surface area contributed by atoms with E-state index in [1.165, 1.54) is 0 Å². The Bertz CT molecular complexity index is 429. The SMILES string of the molecule is CC(C)(C)OC(=O)NCCCCOc1ccccc1Br. The second-order valence-corrected chi connectivity index (χ2v) is 6.27. The molecule has 0 unspecified atom stereocenters. The minimum atomic E-state index is -0.452. The van der Waals surface area contributed by atoms with Crippen molar-refractivity contribution in [1.29, 1.82) is 0 Å². The molecule has 1 N–H and O–H groups in total. The molecule has 0 spiro atoms. The third kappa shape index (κ3) is 7.38. The van der Waals surface area contributed by atoms with Crippen LogP contribution in [0.15, 0.2) is 28.7 Å². The Hall–Kier alpha value is -1.23. The van der Waals surface area contributed by atoms with E-state index in [0.29, 0.717) is 13.2 Å². The maximum absolute atomic E-state index is 11.4. The number of para-hydroxylation sites is 1. The number of hydrogen-bond donors (Lipinski definition) is 1. The monoisotopic (exact) mass is 343 g/mol. The average Bonchev–Trinajstić information content (AvgIpc) is 2.33. The first-order valence-electron chi connectivity index (χ1n) is 6.73. The number of halogens is 1. The summed E-state index contributed by atoms with van der Waals surface area (Å²) in [6.45, 7) is 6.75. The van der Waals surface area contributed by atoms with Gasteiger partial charge < -0.3 is 14.8 Å². The molecular formula is C15H22BrNO3. The molecule has 20 heavy (non-hydrogen) atoms. The summed E-state index contributed by atoms with van der Waals surface area (Å²) in [6.07, 6.45) is 1.35. The minimum absolute atomic E-state index is 0.371. The zero-order chi connectivity index (χ0) is 15.0. The van der Waals surface area contributed by atoms with Crippen molar-refractivity contribution in [3.05, 3.63) is 28.7 Å². The number of carbonyl (C=O) groups is 1. The Morgan fingerprint density at radius 1 is 1.25 bits per heavy atom. The lowest BCUT2D eigenvalue weighted by molar-refractivity contribution is 0.0526. The molecule has 1 rings (SSSR count). The molecule has 0 saturated heterocycles. The molecule has 0 fully saturated rings. The number of nitrogens with one attached hydrogen (secondary N) is 1. The van der Waals surface area contributed by atoms with Crippen LogP contribution >= 0.6 is 15.9 Å². The minimum Gasteiger partial charge on any atom is -0.492 e. The molecule has 0 aromatic heterocycles. The summed E-state index contributed by atoms with van der Waals surface area (Å²) in [5, 5.41) is 2.72. The summed E-state index contributed by atoms with van der Waals surface area (Å²) in [7, 11) is 0. The summed E-state index contributed by atoms with van der Waals surface area (Å²) in [5.41, 5.74) is -0.452. The lowest BCUT2D eigenvalue weighted by Crippen LogP contribution is -2.33. The van der Waals surface area contributed by atoms with Gasteiger partial charge in [-0.1, -0.05) is 12.1 Å². The number of benzene rings is 1.